The van der Waals surface area contributed by atoms with Gasteiger partial charge in [0.15, 0.2) is 0 Å². The molecule has 1 aromatic rings. The second-order valence-corrected chi connectivity index (χ2v) is 6.42. The summed E-state index contributed by atoms with van der Waals surface area (Å²) < 4.78 is 39.2. The Morgan fingerprint density at radius 1 is 1.21 bits per heavy atom. The lowest BCUT2D eigenvalue weighted by atomic mass is 9.78. The number of hydrogen-bond donors (Lipinski definition) is 1. The Morgan fingerprint density at radius 2 is 1.83 bits per heavy atom. The van der Waals surface area contributed by atoms with Crippen LogP contribution in [0.15, 0.2) is 24.3 Å². The summed E-state index contributed by atoms with van der Waals surface area (Å²) in [5.41, 5.74) is -0.0373. The van der Waals surface area contributed by atoms with Crippen molar-refractivity contribution in [1.29, 1.82) is 0 Å². The van der Waals surface area contributed by atoms with E-state index in [1.807, 2.05) is 0 Å². The van der Waals surface area contributed by atoms with Gasteiger partial charge in [-0.2, -0.15) is 13.2 Å². The molecule has 1 N–H and O–H groups in total. The standard InChI is InChI=1S/C15H10Cl2F3NO3/c16-8-4-5-9(17)12-10(8)6-2-1-3-7(6)11(13(22)23)21(12)14(24)15(18,19)20/h1-2,4-7,11H,3H2,(H,22,23)/t6-,7+,11-/m1/s1. The molecule has 1 heterocycles. The normalized spacial score (nSPS) is 25.4. The van der Waals surface area contributed by atoms with Gasteiger partial charge >= 0.3 is 18.1 Å². The van der Waals surface area contributed by atoms with Crippen LogP contribution in [0.1, 0.15) is 17.9 Å². The number of anilines is 1. The third kappa shape index (κ3) is 2.46. The van der Waals surface area contributed by atoms with Gasteiger partial charge in [-0.3, -0.25) is 9.69 Å². The average molecular weight is 380 g/mol. The number of alkyl halides is 3. The molecule has 3 rings (SSSR count). The maximum Gasteiger partial charge on any atom is 0.471 e. The van der Waals surface area contributed by atoms with Gasteiger partial charge in [0.25, 0.3) is 0 Å². The number of rotatable bonds is 1. The highest BCUT2D eigenvalue weighted by atomic mass is 35.5. The molecule has 0 radical (unpaired) electrons. The summed E-state index contributed by atoms with van der Waals surface area (Å²) in [7, 11) is 0. The minimum absolute atomic E-state index is 0.139. The van der Waals surface area contributed by atoms with Crippen LogP contribution in [-0.2, 0) is 9.59 Å². The Morgan fingerprint density at radius 3 is 2.42 bits per heavy atom. The number of nitrogens with zero attached hydrogens (tertiary/aromatic N) is 1. The zero-order valence-corrected chi connectivity index (χ0v) is 13.4. The number of benzene rings is 1. The van der Waals surface area contributed by atoms with Crippen molar-refractivity contribution in [2.45, 2.75) is 24.6 Å². The predicted octanol–water partition coefficient (Wildman–Crippen LogP) is 4.02. The highest BCUT2D eigenvalue weighted by Crippen LogP contribution is 2.53. The molecule has 0 spiro atoms. The number of carbonyl (C=O) groups is 2. The molecule has 24 heavy (non-hydrogen) atoms. The number of amides is 1. The molecule has 1 aliphatic carbocycles. The molecule has 128 valence electrons. The molecule has 1 aliphatic heterocycles. The van der Waals surface area contributed by atoms with Gasteiger partial charge in [-0.15, -0.1) is 0 Å². The van der Waals surface area contributed by atoms with Crippen LogP contribution < -0.4 is 4.90 Å². The molecule has 1 amide bonds. The fourth-order valence-corrected chi connectivity index (χ4v) is 3.95. The molecule has 0 unspecified atom stereocenters. The number of allylic oxidation sites excluding steroid dienone is 2. The zero-order valence-electron chi connectivity index (χ0n) is 11.8. The third-order valence-corrected chi connectivity index (χ3v) is 4.93. The number of fused-ring (bicyclic) bond motifs is 3. The van der Waals surface area contributed by atoms with Crippen molar-refractivity contribution >= 4 is 40.8 Å². The lowest BCUT2D eigenvalue weighted by Gasteiger charge is -2.42. The minimum atomic E-state index is -5.24. The van der Waals surface area contributed by atoms with Crippen molar-refractivity contribution in [1.82, 2.24) is 0 Å². The van der Waals surface area contributed by atoms with Crippen LogP contribution in [-0.4, -0.2) is 29.2 Å². The fourth-order valence-electron chi connectivity index (χ4n) is 3.41. The van der Waals surface area contributed by atoms with Gasteiger partial charge in [-0.05, 0) is 18.6 Å². The first-order valence-electron chi connectivity index (χ1n) is 6.92. The van der Waals surface area contributed by atoms with Crippen molar-refractivity contribution < 1.29 is 27.9 Å². The fraction of sp³-hybridized carbons (Fsp3) is 0.333. The van der Waals surface area contributed by atoms with Crippen molar-refractivity contribution in [3.05, 3.63) is 39.9 Å². The molecular weight excluding hydrogens is 370 g/mol. The van der Waals surface area contributed by atoms with E-state index in [9.17, 15) is 27.9 Å². The number of halogens is 5. The first-order valence-corrected chi connectivity index (χ1v) is 7.68. The SMILES string of the molecule is O=C(O)[C@H]1[C@H]2CC=C[C@H]2c2c(Cl)ccc(Cl)c2N1C(=O)C(F)(F)F. The van der Waals surface area contributed by atoms with Crippen LogP contribution in [0.2, 0.25) is 10.0 Å². The number of hydrogen-bond acceptors (Lipinski definition) is 2. The summed E-state index contributed by atoms with van der Waals surface area (Å²) in [5.74, 6) is -5.04. The van der Waals surface area contributed by atoms with E-state index in [-0.39, 0.29) is 32.6 Å². The minimum Gasteiger partial charge on any atom is -0.480 e. The summed E-state index contributed by atoms with van der Waals surface area (Å²) in [4.78, 5) is 23.9. The Hall–Kier alpha value is -1.73. The smallest absolute Gasteiger partial charge is 0.471 e. The molecule has 0 bridgehead atoms. The van der Waals surface area contributed by atoms with Crippen LogP contribution in [0.4, 0.5) is 18.9 Å². The van der Waals surface area contributed by atoms with Crippen molar-refractivity contribution in [2.24, 2.45) is 5.92 Å². The molecule has 3 atom stereocenters. The number of carbonyl (C=O) groups excluding carboxylic acids is 1. The lowest BCUT2D eigenvalue weighted by Crippen LogP contribution is -2.57. The highest BCUT2D eigenvalue weighted by molar-refractivity contribution is 6.37. The van der Waals surface area contributed by atoms with E-state index in [0.717, 1.165) is 0 Å². The first kappa shape index (κ1) is 17.1. The van der Waals surface area contributed by atoms with Crippen LogP contribution in [0.3, 0.4) is 0 Å². The Bertz CT molecular complexity index is 763. The molecular formula is C15H10Cl2F3NO3. The molecule has 4 nitrogen and oxygen atoms in total. The van der Waals surface area contributed by atoms with E-state index in [1.54, 1.807) is 12.2 Å². The molecule has 0 aromatic heterocycles. The number of carboxylic acid groups (broad SMARTS) is 1. The Balaban J connectivity index is 2.30. The summed E-state index contributed by atoms with van der Waals surface area (Å²) in [6, 6.07) is 0.989. The number of carboxylic acids is 1. The summed E-state index contributed by atoms with van der Waals surface area (Å²) in [5, 5.41) is 9.47. The summed E-state index contributed by atoms with van der Waals surface area (Å²) in [6.07, 6.45) is -1.65. The van der Waals surface area contributed by atoms with Crippen LogP contribution in [0, 0.1) is 5.92 Å². The van der Waals surface area contributed by atoms with Gasteiger partial charge in [0.1, 0.15) is 6.04 Å². The zero-order chi connectivity index (χ0) is 17.8. The highest BCUT2D eigenvalue weighted by Gasteiger charge is 2.54. The predicted molar refractivity (Wildman–Crippen MR) is 81.4 cm³/mol. The van der Waals surface area contributed by atoms with Crippen molar-refractivity contribution in [3.63, 3.8) is 0 Å². The van der Waals surface area contributed by atoms with Crippen LogP contribution in [0.5, 0.6) is 0 Å². The Kier molecular flexibility index (Phi) is 4.04. The largest absolute Gasteiger partial charge is 0.480 e. The van der Waals surface area contributed by atoms with Gasteiger partial charge in [0.05, 0.1) is 10.7 Å². The number of aliphatic carboxylic acids is 1. The second kappa shape index (κ2) is 5.67. The quantitative estimate of drug-likeness (QED) is 0.749. The van der Waals surface area contributed by atoms with Gasteiger partial charge in [0.2, 0.25) is 0 Å². The monoisotopic (exact) mass is 379 g/mol. The van der Waals surface area contributed by atoms with Crippen molar-refractivity contribution in [3.8, 4) is 0 Å². The van der Waals surface area contributed by atoms with Crippen molar-refractivity contribution in [2.75, 3.05) is 4.90 Å². The first-order chi connectivity index (χ1) is 11.1. The summed E-state index contributed by atoms with van der Waals surface area (Å²) >= 11 is 12.2. The molecule has 0 saturated heterocycles. The van der Waals surface area contributed by atoms with Crippen LogP contribution >= 0.6 is 23.2 Å². The van der Waals surface area contributed by atoms with E-state index >= 15 is 0 Å². The molecule has 0 saturated carbocycles. The van der Waals surface area contributed by atoms with Gasteiger partial charge in [-0.25, -0.2) is 4.79 Å². The topological polar surface area (TPSA) is 57.6 Å². The maximum absolute atomic E-state index is 13.1. The molecule has 0 fully saturated rings. The van der Waals surface area contributed by atoms with E-state index in [2.05, 4.69) is 0 Å². The molecule has 9 heteroatoms. The van der Waals surface area contributed by atoms with Gasteiger partial charge < -0.3 is 5.11 Å². The second-order valence-electron chi connectivity index (χ2n) is 5.60. The lowest BCUT2D eigenvalue weighted by molar-refractivity contribution is -0.172. The van der Waals surface area contributed by atoms with E-state index in [4.69, 9.17) is 23.2 Å². The van der Waals surface area contributed by atoms with E-state index in [0.29, 0.717) is 0 Å². The average Bonchev–Trinajstić information content (AvgIpc) is 2.95. The summed E-state index contributed by atoms with van der Waals surface area (Å²) in [6.45, 7) is 0. The van der Waals surface area contributed by atoms with Gasteiger partial charge in [0, 0.05) is 22.4 Å². The Labute approximate surface area is 144 Å². The third-order valence-electron chi connectivity index (χ3n) is 4.30. The van der Waals surface area contributed by atoms with Gasteiger partial charge in [-0.1, -0.05) is 35.4 Å². The van der Waals surface area contributed by atoms with Crippen LogP contribution in [0.25, 0.3) is 0 Å². The van der Waals surface area contributed by atoms with E-state index in [1.165, 1.54) is 12.1 Å². The molecule has 2 aliphatic rings. The van der Waals surface area contributed by atoms with E-state index < -0.39 is 35.9 Å². The maximum atomic E-state index is 13.1. The molecule has 1 aromatic carbocycles.